The largest absolute Gasteiger partial charge is 0.491 e. The van der Waals surface area contributed by atoms with E-state index in [1.165, 1.54) is 0 Å². The van der Waals surface area contributed by atoms with Crippen LogP contribution >= 0.6 is 11.6 Å². The van der Waals surface area contributed by atoms with E-state index >= 15 is 0 Å². The average molecular weight is 343 g/mol. The minimum absolute atomic E-state index is 0.00929. The van der Waals surface area contributed by atoms with Gasteiger partial charge >= 0.3 is 6.09 Å². The quantitative estimate of drug-likeness (QED) is 0.768. The fourth-order valence-corrected chi connectivity index (χ4v) is 1.99. The van der Waals surface area contributed by atoms with Crippen molar-refractivity contribution < 1.29 is 14.3 Å². The number of hydrogen-bond donors (Lipinski definition) is 2. The molecule has 0 spiro atoms. The van der Waals surface area contributed by atoms with Crippen molar-refractivity contribution in [1.82, 2.24) is 5.32 Å². The Bertz CT molecular complexity index is 515. The second kappa shape index (κ2) is 8.87. The van der Waals surface area contributed by atoms with Crippen LogP contribution in [-0.2, 0) is 4.74 Å². The van der Waals surface area contributed by atoms with Gasteiger partial charge in [-0.3, -0.25) is 0 Å². The molecule has 0 radical (unpaired) electrons. The summed E-state index contributed by atoms with van der Waals surface area (Å²) < 4.78 is 10.9. The predicted molar refractivity (Wildman–Crippen MR) is 94.6 cm³/mol. The molecule has 6 heteroatoms. The number of amides is 1. The summed E-state index contributed by atoms with van der Waals surface area (Å²) in [4.78, 5) is 11.7. The third-order valence-electron chi connectivity index (χ3n) is 2.76. The molecule has 0 aliphatic carbocycles. The molecule has 23 heavy (non-hydrogen) atoms. The number of carbonyl (C=O) groups is 1. The fourth-order valence-electron chi connectivity index (χ4n) is 1.82. The highest BCUT2D eigenvalue weighted by Gasteiger charge is 2.16. The molecule has 130 valence electrons. The van der Waals surface area contributed by atoms with Crippen LogP contribution in [0.4, 0.5) is 10.5 Å². The number of ether oxygens (including phenoxy) is 2. The van der Waals surface area contributed by atoms with E-state index in [1.54, 1.807) is 6.07 Å². The number of alkyl carbamates (subject to hydrolysis) is 1. The van der Waals surface area contributed by atoms with E-state index in [1.807, 2.05) is 39.8 Å². The van der Waals surface area contributed by atoms with Crippen LogP contribution in [-0.4, -0.2) is 30.9 Å². The number of anilines is 1. The van der Waals surface area contributed by atoms with Crippen molar-refractivity contribution >= 4 is 23.4 Å². The molecule has 1 aromatic carbocycles. The molecule has 1 amide bonds. The van der Waals surface area contributed by atoms with Crippen molar-refractivity contribution in [2.75, 3.05) is 18.5 Å². The maximum atomic E-state index is 11.7. The summed E-state index contributed by atoms with van der Waals surface area (Å²) in [6.07, 6.45) is 0.498. The molecule has 0 heterocycles. The molecule has 0 aliphatic heterocycles. The van der Waals surface area contributed by atoms with Crippen LogP contribution in [0.1, 0.15) is 41.0 Å². The monoisotopic (exact) mass is 342 g/mol. The van der Waals surface area contributed by atoms with Crippen LogP contribution in [0, 0.1) is 0 Å². The zero-order valence-electron chi connectivity index (χ0n) is 14.5. The SMILES string of the molecule is CCCOc1ccc(Cl)cc1NC(C)CNC(=O)OC(C)(C)C. The molecule has 2 N–H and O–H groups in total. The first-order valence-corrected chi connectivity index (χ1v) is 8.25. The van der Waals surface area contributed by atoms with Gasteiger partial charge in [0.05, 0.1) is 12.3 Å². The summed E-state index contributed by atoms with van der Waals surface area (Å²) >= 11 is 6.05. The van der Waals surface area contributed by atoms with Crippen molar-refractivity contribution in [3.8, 4) is 5.75 Å². The third-order valence-corrected chi connectivity index (χ3v) is 2.99. The Morgan fingerprint density at radius 3 is 2.65 bits per heavy atom. The molecule has 1 atom stereocenters. The molecule has 1 rings (SSSR count). The van der Waals surface area contributed by atoms with E-state index in [0.717, 1.165) is 17.9 Å². The highest BCUT2D eigenvalue weighted by molar-refractivity contribution is 6.30. The zero-order valence-corrected chi connectivity index (χ0v) is 15.3. The number of halogens is 1. The smallest absolute Gasteiger partial charge is 0.407 e. The molecular formula is C17H27ClN2O3. The van der Waals surface area contributed by atoms with Gasteiger partial charge < -0.3 is 20.1 Å². The predicted octanol–water partition coefficient (Wildman–Crippen LogP) is 4.45. The van der Waals surface area contributed by atoms with Gasteiger partial charge in [-0.25, -0.2) is 4.79 Å². The Morgan fingerprint density at radius 2 is 2.04 bits per heavy atom. The Hall–Kier alpha value is -1.62. The van der Waals surface area contributed by atoms with E-state index in [-0.39, 0.29) is 6.04 Å². The lowest BCUT2D eigenvalue weighted by Crippen LogP contribution is -2.38. The minimum Gasteiger partial charge on any atom is -0.491 e. The average Bonchev–Trinajstić information content (AvgIpc) is 2.42. The Balaban J connectivity index is 2.57. The second-order valence-electron chi connectivity index (χ2n) is 6.42. The topological polar surface area (TPSA) is 59.6 Å². The van der Waals surface area contributed by atoms with Gasteiger partial charge in [0.2, 0.25) is 0 Å². The maximum absolute atomic E-state index is 11.7. The van der Waals surface area contributed by atoms with Crippen molar-refractivity contribution in [3.05, 3.63) is 23.2 Å². The van der Waals surface area contributed by atoms with Crippen molar-refractivity contribution in [1.29, 1.82) is 0 Å². The van der Waals surface area contributed by atoms with Crippen molar-refractivity contribution in [2.24, 2.45) is 0 Å². The maximum Gasteiger partial charge on any atom is 0.407 e. The molecular weight excluding hydrogens is 316 g/mol. The molecule has 0 saturated carbocycles. The fraction of sp³-hybridized carbons (Fsp3) is 0.588. The normalized spacial score (nSPS) is 12.4. The van der Waals surface area contributed by atoms with Crippen LogP contribution in [0.3, 0.4) is 0 Å². The first-order chi connectivity index (χ1) is 10.7. The minimum atomic E-state index is -0.505. The second-order valence-corrected chi connectivity index (χ2v) is 6.85. The summed E-state index contributed by atoms with van der Waals surface area (Å²) in [5.41, 5.74) is 0.305. The van der Waals surface area contributed by atoms with Crippen molar-refractivity contribution in [2.45, 2.75) is 52.7 Å². The van der Waals surface area contributed by atoms with E-state index in [2.05, 4.69) is 17.6 Å². The number of carbonyl (C=O) groups excluding carboxylic acids is 1. The number of hydrogen-bond acceptors (Lipinski definition) is 4. The Labute approximate surface area is 143 Å². The van der Waals surface area contributed by atoms with Crippen LogP contribution in [0.25, 0.3) is 0 Å². The molecule has 0 fully saturated rings. The zero-order chi connectivity index (χ0) is 17.5. The lowest BCUT2D eigenvalue weighted by atomic mass is 10.2. The van der Waals surface area contributed by atoms with E-state index in [0.29, 0.717) is 18.2 Å². The van der Waals surface area contributed by atoms with Gasteiger partial charge in [0.25, 0.3) is 0 Å². The summed E-state index contributed by atoms with van der Waals surface area (Å²) in [6, 6.07) is 5.44. The van der Waals surface area contributed by atoms with Crippen LogP contribution in [0.15, 0.2) is 18.2 Å². The molecule has 0 aliphatic rings. The number of nitrogens with one attached hydrogen (secondary N) is 2. The third kappa shape index (κ3) is 7.98. The van der Waals surface area contributed by atoms with E-state index in [4.69, 9.17) is 21.1 Å². The summed E-state index contributed by atoms with van der Waals surface area (Å²) in [5.74, 6) is 0.750. The first kappa shape index (κ1) is 19.4. The van der Waals surface area contributed by atoms with Crippen molar-refractivity contribution in [3.63, 3.8) is 0 Å². The van der Waals surface area contributed by atoms with Crippen LogP contribution in [0.5, 0.6) is 5.75 Å². The first-order valence-electron chi connectivity index (χ1n) is 7.87. The molecule has 0 bridgehead atoms. The summed E-state index contributed by atoms with van der Waals surface area (Å²) in [7, 11) is 0. The van der Waals surface area contributed by atoms with Gasteiger partial charge in [0.15, 0.2) is 0 Å². The Morgan fingerprint density at radius 1 is 1.35 bits per heavy atom. The van der Waals surface area contributed by atoms with E-state index < -0.39 is 11.7 Å². The highest BCUT2D eigenvalue weighted by atomic mass is 35.5. The standard InChI is InChI=1S/C17H27ClN2O3/c1-6-9-22-15-8-7-13(18)10-14(15)20-12(2)11-19-16(21)23-17(3,4)5/h7-8,10,12,20H,6,9,11H2,1-5H3,(H,19,21). The highest BCUT2D eigenvalue weighted by Crippen LogP contribution is 2.28. The van der Waals surface area contributed by atoms with Gasteiger partial charge in [-0.05, 0) is 52.3 Å². The van der Waals surface area contributed by atoms with E-state index in [9.17, 15) is 4.79 Å². The molecule has 0 saturated heterocycles. The molecule has 5 nitrogen and oxygen atoms in total. The Kier molecular flexibility index (Phi) is 7.49. The molecule has 0 aromatic heterocycles. The van der Waals surface area contributed by atoms with Crippen LogP contribution < -0.4 is 15.4 Å². The lowest BCUT2D eigenvalue weighted by molar-refractivity contribution is 0.0526. The molecule has 1 unspecified atom stereocenters. The van der Waals surface area contributed by atoms with Crippen LogP contribution in [0.2, 0.25) is 5.02 Å². The van der Waals surface area contributed by atoms with Gasteiger partial charge in [-0.2, -0.15) is 0 Å². The van der Waals surface area contributed by atoms with Gasteiger partial charge in [-0.15, -0.1) is 0 Å². The number of benzene rings is 1. The van der Waals surface area contributed by atoms with Gasteiger partial charge in [0, 0.05) is 17.6 Å². The number of rotatable bonds is 7. The molecule has 1 aromatic rings. The summed E-state index contributed by atoms with van der Waals surface area (Å²) in [5, 5.41) is 6.67. The van der Waals surface area contributed by atoms with Gasteiger partial charge in [-0.1, -0.05) is 18.5 Å². The summed E-state index contributed by atoms with van der Waals surface area (Å²) in [6.45, 7) is 10.6. The van der Waals surface area contributed by atoms with Gasteiger partial charge in [0.1, 0.15) is 11.4 Å². The lowest BCUT2D eigenvalue weighted by Gasteiger charge is -2.22.